The first kappa shape index (κ1) is 19.5. The number of carbonyl (C=O) groups excluding carboxylic acids is 2. The number of hydrogen-bond donors (Lipinski definition) is 1. The molecule has 1 N–H and O–H groups in total. The maximum atomic E-state index is 12.7. The molecular weight excluding hydrogens is 368 g/mol. The molecule has 1 atom stereocenters. The Hall–Kier alpha value is -2.83. The largest absolute Gasteiger partial charge is 0.441 e. The smallest absolute Gasteiger partial charge is 0.411 e. The number of nitrogens with one attached hydrogen (secondary N) is 1. The molecule has 2 aromatic rings. The molecule has 0 bridgehead atoms. The minimum atomic E-state index is -0.580. The van der Waals surface area contributed by atoms with Gasteiger partial charge in [0.25, 0.3) is 5.91 Å². The van der Waals surface area contributed by atoms with E-state index in [4.69, 9.17) is 4.74 Å². The van der Waals surface area contributed by atoms with E-state index >= 15 is 0 Å². The molecule has 0 radical (unpaired) electrons. The Kier molecular flexibility index (Phi) is 5.06. The third-order valence-electron chi connectivity index (χ3n) is 6.09. The topological polar surface area (TPSA) is 76.5 Å². The zero-order valence-electron chi connectivity index (χ0n) is 17.2. The average molecular weight is 396 g/mol. The summed E-state index contributed by atoms with van der Waals surface area (Å²) in [5.74, 6) is -0.0997. The van der Waals surface area contributed by atoms with E-state index in [0.717, 1.165) is 31.2 Å². The molecule has 2 amide bonds. The van der Waals surface area contributed by atoms with Gasteiger partial charge in [0.15, 0.2) is 0 Å². The number of imidazole rings is 1. The summed E-state index contributed by atoms with van der Waals surface area (Å²) >= 11 is 0. The molecule has 1 aromatic carbocycles. The van der Waals surface area contributed by atoms with Crippen molar-refractivity contribution in [3.05, 3.63) is 54.1 Å². The highest BCUT2D eigenvalue weighted by Crippen LogP contribution is 2.44. The van der Waals surface area contributed by atoms with Crippen LogP contribution in [0.25, 0.3) is 0 Å². The Morgan fingerprint density at radius 2 is 1.86 bits per heavy atom. The number of hydrogen-bond acceptors (Lipinski definition) is 4. The molecule has 1 saturated carbocycles. The molecule has 154 valence electrons. The molecule has 1 aliphatic heterocycles. The van der Waals surface area contributed by atoms with Crippen LogP contribution in [-0.4, -0.2) is 44.1 Å². The quantitative estimate of drug-likeness (QED) is 0.859. The lowest BCUT2D eigenvalue weighted by Gasteiger charge is -2.38. The molecule has 1 aliphatic carbocycles. The molecule has 1 saturated heterocycles. The highest BCUT2D eigenvalue weighted by atomic mass is 16.6. The van der Waals surface area contributed by atoms with E-state index in [1.54, 1.807) is 17.1 Å². The van der Waals surface area contributed by atoms with Crippen molar-refractivity contribution in [2.75, 3.05) is 0 Å². The molecule has 29 heavy (non-hydrogen) atoms. The van der Waals surface area contributed by atoms with Crippen LogP contribution in [0.5, 0.6) is 0 Å². The Morgan fingerprint density at radius 3 is 2.48 bits per heavy atom. The van der Waals surface area contributed by atoms with E-state index in [0.29, 0.717) is 5.69 Å². The van der Waals surface area contributed by atoms with Crippen LogP contribution >= 0.6 is 0 Å². The summed E-state index contributed by atoms with van der Waals surface area (Å²) in [6.45, 7) is 3.95. The monoisotopic (exact) mass is 396 g/mol. The summed E-state index contributed by atoms with van der Waals surface area (Å²) < 4.78 is 7.46. The van der Waals surface area contributed by atoms with Crippen LogP contribution in [0.3, 0.4) is 0 Å². The van der Waals surface area contributed by atoms with Crippen LogP contribution in [0.15, 0.2) is 42.9 Å². The van der Waals surface area contributed by atoms with E-state index in [2.05, 4.69) is 22.4 Å². The maximum Gasteiger partial charge on any atom is 0.411 e. The molecule has 2 aliphatic rings. The van der Waals surface area contributed by atoms with Gasteiger partial charge in [-0.25, -0.2) is 9.78 Å². The van der Waals surface area contributed by atoms with Crippen molar-refractivity contribution >= 4 is 12.0 Å². The van der Waals surface area contributed by atoms with Gasteiger partial charge in [-0.1, -0.05) is 30.3 Å². The molecule has 2 fully saturated rings. The molecule has 4 rings (SSSR count). The standard InChI is InChI=1S/C22H28N4O3/c1-22(2)19(15-7-5-4-6-8-15)26(21(28)29-22)17-11-9-16(10-12-17)24-20(27)18-13-23-14-25(18)3/h4-8,13-14,16-17,19H,9-12H2,1-3H3,(H,24,27)/t16-,17-,19-/m0/s1. The van der Waals surface area contributed by atoms with Gasteiger partial charge in [0.1, 0.15) is 11.3 Å². The second-order valence-corrected chi connectivity index (χ2v) is 8.56. The highest BCUT2D eigenvalue weighted by molar-refractivity contribution is 5.92. The number of cyclic esters (lactones) is 1. The molecule has 7 nitrogen and oxygen atoms in total. The number of aryl methyl sites for hydroxylation is 1. The molecule has 1 aromatic heterocycles. The van der Waals surface area contributed by atoms with E-state index in [-0.39, 0.29) is 30.1 Å². The number of ether oxygens (including phenoxy) is 1. The fourth-order valence-corrected chi connectivity index (χ4v) is 4.66. The predicted molar refractivity (Wildman–Crippen MR) is 108 cm³/mol. The van der Waals surface area contributed by atoms with Crippen LogP contribution < -0.4 is 5.32 Å². The van der Waals surface area contributed by atoms with Gasteiger partial charge in [0.2, 0.25) is 0 Å². The summed E-state index contributed by atoms with van der Waals surface area (Å²) in [5, 5.41) is 3.11. The summed E-state index contributed by atoms with van der Waals surface area (Å²) in [4.78, 5) is 31.1. The zero-order valence-corrected chi connectivity index (χ0v) is 17.2. The third kappa shape index (κ3) is 3.73. The maximum absolute atomic E-state index is 12.7. The number of carbonyl (C=O) groups is 2. The van der Waals surface area contributed by atoms with Crippen LogP contribution in [0.1, 0.15) is 61.6 Å². The zero-order chi connectivity index (χ0) is 20.6. The van der Waals surface area contributed by atoms with E-state index in [1.807, 2.05) is 44.0 Å². The van der Waals surface area contributed by atoms with Gasteiger partial charge in [0, 0.05) is 19.1 Å². The van der Waals surface area contributed by atoms with Crippen molar-refractivity contribution in [3.63, 3.8) is 0 Å². The molecular formula is C22H28N4O3. The van der Waals surface area contributed by atoms with Gasteiger partial charge in [-0.15, -0.1) is 0 Å². The SMILES string of the molecule is Cn1cncc1C(=O)N[C@H]1CC[C@H](N2C(=O)OC(C)(C)[C@@H]2c2ccccc2)CC1. The first-order chi connectivity index (χ1) is 13.9. The molecule has 0 unspecified atom stereocenters. The Labute approximate surface area is 171 Å². The van der Waals surface area contributed by atoms with Gasteiger partial charge in [-0.2, -0.15) is 0 Å². The van der Waals surface area contributed by atoms with E-state index in [1.165, 1.54) is 0 Å². The number of aromatic nitrogens is 2. The third-order valence-corrected chi connectivity index (χ3v) is 6.09. The van der Waals surface area contributed by atoms with Crippen LogP contribution in [0.4, 0.5) is 4.79 Å². The number of rotatable bonds is 4. The lowest BCUT2D eigenvalue weighted by atomic mass is 9.86. The number of benzene rings is 1. The van der Waals surface area contributed by atoms with Crippen molar-refractivity contribution in [1.29, 1.82) is 0 Å². The van der Waals surface area contributed by atoms with Gasteiger partial charge in [0.05, 0.1) is 18.6 Å². The number of nitrogens with zero attached hydrogens (tertiary/aromatic N) is 3. The first-order valence-corrected chi connectivity index (χ1v) is 10.2. The molecule has 2 heterocycles. The van der Waals surface area contributed by atoms with Crippen LogP contribution in [0, 0.1) is 0 Å². The second-order valence-electron chi connectivity index (χ2n) is 8.56. The van der Waals surface area contributed by atoms with E-state index in [9.17, 15) is 9.59 Å². The lowest BCUT2D eigenvalue weighted by Crippen LogP contribution is -2.46. The molecule has 0 spiro atoms. The van der Waals surface area contributed by atoms with Crippen molar-refractivity contribution < 1.29 is 14.3 Å². The van der Waals surface area contributed by atoms with Crippen LogP contribution in [0.2, 0.25) is 0 Å². The van der Waals surface area contributed by atoms with Crippen LogP contribution in [-0.2, 0) is 11.8 Å². The first-order valence-electron chi connectivity index (χ1n) is 10.2. The number of amides is 2. The summed E-state index contributed by atoms with van der Waals surface area (Å²) in [6.07, 6.45) is 6.30. The molecule has 7 heteroatoms. The normalized spacial score (nSPS) is 26.2. The fourth-order valence-electron chi connectivity index (χ4n) is 4.66. The fraction of sp³-hybridized carbons (Fsp3) is 0.500. The minimum Gasteiger partial charge on any atom is -0.441 e. The Morgan fingerprint density at radius 1 is 1.17 bits per heavy atom. The second kappa shape index (κ2) is 7.54. The van der Waals surface area contributed by atoms with Crippen molar-refractivity contribution in [1.82, 2.24) is 19.8 Å². The minimum absolute atomic E-state index is 0.0997. The van der Waals surface area contributed by atoms with E-state index < -0.39 is 5.60 Å². The Bertz CT molecular complexity index is 884. The van der Waals surface area contributed by atoms with Gasteiger partial charge in [-0.05, 0) is 45.1 Å². The lowest BCUT2D eigenvalue weighted by molar-refractivity contribution is 0.0663. The van der Waals surface area contributed by atoms with Gasteiger partial charge >= 0.3 is 6.09 Å². The summed E-state index contributed by atoms with van der Waals surface area (Å²) in [7, 11) is 1.81. The Balaban J connectivity index is 1.44. The summed E-state index contributed by atoms with van der Waals surface area (Å²) in [6, 6.07) is 10.2. The van der Waals surface area contributed by atoms with Gasteiger partial charge < -0.3 is 14.6 Å². The summed E-state index contributed by atoms with van der Waals surface area (Å²) in [5.41, 5.74) is 1.07. The predicted octanol–water partition coefficient (Wildman–Crippen LogP) is 3.43. The highest BCUT2D eigenvalue weighted by Gasteiger charge is 2.51. The van der Waals surface area contributed by atoms with Crippen molar-refractivity contribution in [2.24, 2.45) is 7.05 Å². The average Bonchev–Trinajstić information content (AvgIpc) is 3.22. The van der Waals surface area contributed by atoms with Gasteiger partial charge in [-0.3, -0.25) is 9.69 Å². The van der Waals surface area contributed by atoms with Crippen molar-refractivity contribution in [2.45, 2.75) is 63.3 Å². The van der Waals surface area contributed by atoms with Crippen molar-refractivity contribution in [3.8, 4) is 0 Å².